The number of thioether (sulfide) groups is 1. The molecule has 2 atom stereocenters. The quantitative estimate of drug-likeness (QED) is 0.365. The van der Waals surface area contributed by atoms with Gasteiger partial charge in [-0.25, -0.2) is 0 Å². The molecular formula is C19H24N2O4S. The van der Waals surface area contributed by atoms with Crippen molar-refractivity contribution in [3.8, 4) is 0 Å². The van der Waals surface area contributed by atoms with Crippen molar-refractivity contribution >= 4 is 29.4 Å². The molecule has 2 unspecified atom stereocenters. The first-order valence-electron chi connectivity index (χ1n) is 8.52. The van der Waals surface area contributed by atoms with E-state index >= 15 is 0 Å². The van der Waals surface area contributed by atoms with Crippen LogP contribution in [0.4, 0.5) is 0 Å². The Kier molecular flexibility index (Phi) is 7.26. The molecule has 6 nitrogen and oxygen atoms in total. The Hall–Kier alpha value is -2.28. The molecule has 7 heteroatoms. The predicted octanol–water partition coefficient (Wildman–Crippen LogP) is 1.76. The minimum Gasteiger partial charge on any atom is -0.509 e. The number of carbonyl (C=O) groups excluding carboxylic acids is 3. The van der Waals surface area contributed by atoms with Crippen LogP contribution in [0.15, 0.2) is 41.7 Å². The Bertz CT molecular complexity index is 703. The van der Waals surface area contributed by atoms with Crippen LogP contribution in [0.5, 0.6) is 0 Å². The van der Waals surface area contributed by atoms with Gasteiger partial charge in [-0.1, -0.05) is 30.3 Å². The first kappa shape index (κ1) is 20.0. The molecule has 0 aliphatic carbocycles. The monoisotopic (exact) mass is 376 g/mol. The van der Waals surface area contributed by atoms with E-state index in [1.165, 1.54) is 6.92 Å². The number of aryl methyl sites for hydroxylation is 1. The van der Waals surface area contributed by atoms with Gasteiger partial charge in [0.1, 0.15) is 11.3 Å². The number of rotatable bonds is 8. The second-order valence-corrected chi connectivity index (χ2v) is 7.19. The smallest absolute Gasteiger partial charge is 0.259 e. The summed E-state index contributed by atoms with van der Waals surface area (Å²) in [6.07, 6.45) is 3.45. The van der Waals surface area contributed by atoms with Crippen LogP contribution >= 0.6 is 11.8 Å². The molecule has 1 heterocycles. The van der Waals surface area contributed by atoms with Gasteiger partial charge in [-0.3, -0.25) is 14.4 Å². The number of benzene rings is 1. The molecule has 26 heavy (non-hydrogen) atoms. The summed E-state index contributed by atoms with van der Waals surface area (Å²) in [5.74, 6) is -0.989. The highest BCUT2D eigenvalue weighted by Gasteiger charge is 2.39. The Morgan fingerprint density at radius 1 is 1.31 bits per heavy atom. The summed E-state index contributed by atoms with van der Waals surface area (Å²) in [7, 11) is 0. The third-order valence-corrected chi connectivity index (χ3v) is 4.88. The second kappa shape index (κ2) is 9.43. The lowest BCUT2D eigenvalue weighted by Gasteiger charge is -2.17. The highest BCUT2D eigenvalue weighted by Crippen LogP contribution is 2.21. The molecule has 0 radical (unpaired) electrons. The Balaban J connectivity index is 2.13. The SMILES string of the molecule is CSCCC(NC(C)=O)/C(O)=C1\C(=O)NC(CCc2ccccc2)C1=O. The van der Waals surface area contributed by atoms with E-state index in [2.05, 4.69) is 10.6 Å². The summed E-state index contributed by atoms with van der Waals surface area (Å²) in [6, 6.07) is 8.30. The lowest BCUT2D eigenvalue weighted by atomic mass is 9.99. The summed E-state index contributed by atoms with van der Waals surface area (Å²) in [4.78, 5) is 36.3. The summed E-state index contributed by atoms with van der Waals surface area (Å²) >= 11 is 1.55. The molecule has 1 saturated heterocycles. The first-order valence-corrected chi connectivity index (χ1v) is 9.91. The predicted molar refractivity (Wildman–Crippen MR) is 102 cm³/mol. The number of nitrogens with one attached hydrogen (secondary N) is 2. The molecule has 2 rings (SSSR count). The molecule has 1 aliphatic rings. The van der Waals surface area contributed by atoms with Crippen LogP contribution in [-0.4, -0.2) is 46.8 Å². The van der Waals surface area contributed by atoms with Crippen LogP contribution in [-0.2, 0) is 20.8 Å². The van der Waals surface area contributed by atoms with Crippen LogP contribution in [0.3, 0.4) is 0 Å². The summed E-state index contributed by atoms with van der Waals surface area (Å²) < 4.78 is 0. The Morgan fingerprint density at radius 2 is 2.00 bits per heavy atom. The summed E-state index contributed by atoms with van der Waals surface area (Å²) in [5, 5.41) is 15.8. The Labute approximate surface area is 157 Å². The van der Waals surface area contributed by atoms with Gasteiger partial charge in [0.25, 0.3) is 5.91 Å². The standard InChI is InChI=1S/C19H24N2O4S/c1-12(22)20-15(10-11-26-2)18(24)16-17(23)14(21-19(16)25)9-8-13-6-4-3-5-7-13/h3-7,14-15,24H,8-11H2,1-2H3,(H,20,22)(H,21,25)/b18-16+. The average Bonchev–Trinajstić information content (AvgIpc) is 2.90. The zero-order valence-electron chi connectivity index (χ0n) is 15.0. The summed E-state index contributed by atoms with van der Waals surface area (Å²) in [5.41, 5.74) is 0.843. The number of aliphatic hydroxyl groups is 1. The van der Waals surface area contributed by atoms with Gasteiger partial charge < -0.3 is 15.7 Å². The van der Waals surface area contributed by atoms with Gasteiger partial charge in [0.05, 0.1) is 12.1 Å². The average molecular weight is 376 g/mol. The molecule has 140 valence electrons. The highest BCUT2D eigenvalue weighted by atomic mass is 32.2. The second-order valence-electron chi connectivity index (χ2n) is 6.21. The molecule has 1 aromatic rings. The van der Waals surface area contributed by atoms with Crippen molar-refractivity contribution in [3.05, 3.63) is 47.2 Å². The van der Waals surface area contributed by atoms with E-state index in [9.17, 15) is 19.5 Å². The molecular weight excluding hydrogens is 352 g/mol. The van der Waals surface area contributed by atoms with Gasteiger partial charge in [0.15, 0.2) is 5.78 Å². The topological polar surface area (TPSA) is 95.5 Å². The Morgan fingerprint density at radius 3 is 2.62 bits per heavy atom. The maximum atomic E-state index is 12.6. The first-order chi connectivity index (χ1) is 12.4. The van der Waals surface area contributed by atoms with Gasteiger partial charge in [-0.05, 0) is 36.8 Å². The third kappa shape index (κ3) is 5.11. The third-order valence-electron chi connectivity index (χ3n) is 4.23. The van der Waals surface area contributed by atoms with Crippen molar-refractivity contribution in [2.45, 2.75) is 38.3 Å². The molecule has 0 aromatic heterocycles. The molecule has 0 bridgehead atoms. The van der Waals surface area contributed by atoms with E-state index in [0.717, 1.165) is 5.56 Å². The molecule has 1 aliphatic heterocycles. The van der Waals surface area contributed by atoms with Gasteiger partial charge in [-0.15, -0.1) is 0 Å². The number of hydrogen-bond acceptors (Lipinski definition) is 5. The summed E-state index contributed by atoms with van der Waals surface area (Å²) in [6.45, 7) is 1.34. The zero-order chi connectivity index (χ0) is 19.1. The van der Waals surface area contributed by atoms with Crippen LogP contribution < -0.4 is 10.6 Å². The van der Waals surface area contributed by atoms with Crippen molar-refractivity contribution in [1.29, 1.82) is 0 Å². The van der Waals surface area contributed by atoms with Crippen molar-refractivity contribution < 1.29 is 19.5 Å². The maximum Gasteiger partial charge on any atom is 0.259 e. The number of aliphatic hydroxyl groups excluding tert-OH is 1. The van der Waals surface area contributed by atoms with E-state index in [4.69, 9.17) is 0 Å². The van der Waals surface area contributed by atoms with Gasteiger partial charge in [0.2, 0.25) is 5.91 Å². The fraction of sp³-hybridized carbons (Fsp3) is 0.421. The van der Waals surface area contributed by atoms with Crippen molar-refractivity contribution in [1.82, 2.24) is 10.6 Å². The fourth-order valence-electron chi connectivity index (χ4n) is 2.92. The van der Waals surface area contributed by atoms with E-state index in [1.807, 2.05) is 36.6 Å². The van der Waals surface area contributed by atoms with Crippen LogP contribution in [0, 0.1) is 0 Å². The van der Waals surface area contributed by atoms with Crippen LogP contribution in [0.1, 0.15) is 25.3 Å². The van der Waals surface area contributed by atoms with Gasteiger partial charge in [0, 0.05) is 6.92 Å². The highest BCUT2D eigenvalue weighted by molar-refractivity contribution is 7.98. The lowest BCUT2D eigenvalue weighted by molar-refractivity contribution is -0.120. The largest absolute Gasteiger partial charge is 0.509 e. The maximum absolute atomic E-state index is 12.6. The minimum atomic E-state index is -0.738. The van der Waals surface area contributed by atoms with Crippen molar-refractivity contribution in [2.75, 3.05) is 12.0 Å². The zero-order valence-corrected chi connectivity index (χ0v) is 15.8. The van der Waals surface area contributed by atoms with Crippen LogP contribution in [0.25, 0.3) is 0 Å². The number of ketones is 1. The molecule has 0 spiro atoms. The van der Waals surface area contributed by atoms with Crippen molar-refractivity contribution in [3.63, 3.8) is 0 Å². The molecule has 1 aromatic carbocycles. The molecule has 3 N–H and O–H groups in total. The number of Topliss-reactive ketones (excluding diaryl/α,β-unsaturated/α-hetero) is 1. The van der Waals surface area contributed by atoms with E-state index in [1.54, 1.807) is 11.8 Å². The fourth-order valence-corrected chi connectivity index (χ4v) is 3.39. The lowest BCUT2D eigenvalue weighted by Crippen LogP contribution is -2.36. The minimum absolute atomic E-state index is 0.233. The van der Waals surface area contributed by atoms with Crippen molar-refractivity contribution in [2.24, 2.45) is 0 Å². The number of carbonyl (C=O) groups is 3. The molecule has 0 saturated carbocycles. The van der Waals surface area contributed by atoms with Gasteiger partial charge in [-0.2, -0.15) is 11.8 Å². The van der Waals surface area contributed by atoms with E-state index in [0.29, 0.717) is 25.0 Å². The van der Waals surface area contributed by atoms with Gasteiger partial charge >= 0.3 is 0 Å². The molecule has 1 fully saturated rings. The van der Waals surface area contributed by atoms with E-state index < -0.39 is 23.8 Å². The normalized spacial score (nSPS) is 19.8. The van der Waals surface area contributed by atoms with E-state index in [-0.39, 0.29) is 17.2 Å². The number of amides is 2. The van der Waals surface area contributed by atoms with Crippen LogP contribution in [0.2, 0.25) is 0 Å². The molecule has 2 amide bonds. The number of hydrogen-bond donors (Lipinski definition) is 3.